The van der Waals surface area contributed by atoms with Gasteiger partial charge in [0.2, 0.25) is 0 Å². The fourth-order valence-electron chi connectivity index (χ4n) is 15.4. The minimum absolute atomic E-state index is 0.153. The van der Waals surface area contributed by atoms with Gasteiger partial charge < -0.3 is 56.8 Å². The van der Waals surface area contributed by atoms with E-state index in [2.05, 4.69) is 101 Å². The first kappa shape index (κ1) is 111. The maximum Gasteiger partial charge on any atom is 0.170 e. The van der Waals surface area contributed by atoms with Crippen LogP contribution in [0, 0.1) is 0 Å². The van der Waals surface area contributed by atoms with E-state index in [1.807, 2.05) is 0 Å². The van der Waals surface area contributed by atoms with Crippen LogP contribution in [-0.2, 0) is 81.3 Å². The van der Waals surface area contributed by atoms with Crippen molar-refractivity contribution in [2.24, 2.45) is 0 Å². The molecule has 0 N–H and O–H groups in total. The molecule has 0 amide bonds. The van der Waals surface area contributed by atoms with Gasteiger partial charge in [0, 0.05) is 150 Å². The normalized spacial score (nSPS) is 13.2. The number of benzene rings is 4. The second-order valence-corrected chi connectivity index (χ2v) is 43.0. The Hall–Kier alpha value is -14.4. The molecule has 148 heavy (non-hydrogen) atoms. The van der Waals surface area contributed by atoms with Crippen LogP contribution in [0.3, 0.4) is 0 Å². The van der Waals surface area contributed by atoms with Crippen LogP contribution in [0.1, 0.15) is 98.7 Å². The molecule has 0 fully saturated rings. The maximum atomic E-state index is 13.7. The number of ether oxygens (including phenoxy) is 12. The van der Waals surface area contributed by atoms with Gasteiger partial charge in [0.15, 0.2) is 109 Å². The fourth-order valence-corrected chi connectivity index (χ4v) is 21.5. The van der Waals surface area contributed by atoms with Gasteiger partial charge >= 0.3 is 0 Å². The third kappa shape index (κ3) is 25.3. The van der Waals surface area contributed by atoms with E-state index >= 15 is 0 Å². The van der Waals surface area contributed by atoms with Crippen LogP contribution in [0.4, 0.5) is 0 Å². The third-order valence-electron chi connectivity index (χ3n) is 23.0. The maximum absolute atomic E-state index is 13.7. The minimum atomic E-state index is -3.88. The molecule has 0 aliphatic carbocycles. The molecule has 0 bridgehead atoms. The lowest BCUT2D eigenvalue weighted by Crippen LogP contribution is -2.30. The van der Waals surface area contributed by atoms with E-state index in [4.69, 9.17) is 103 Å². The van der Waals surface area contributed by atoms with Gasteiger partial charge in [-0.3, -0.25) is 38.2 Å². The summed E-state index contributed by atoms with van der Waals surface area (Å²) in [5.41, 5.74) is 4.34. The molecule has 0 aliphatic rings. The molecular weight excluding hydrogens is 2080 g/mol. The Morgan fingerprint density at radius 3 is 0.554 bits per heavy atom. The number of para-hydroxylation sites is 4. The van der Waals surface area contributed by atoms with Crippen LogP contribution in [0.2, 0.25) is 20.1 Å². The summed E-state index contributed by atoms with van der Waals surface area (Å²) in [6.07, 6.45) is 20.4. The predicted octanol–water partition coefficient (Wildman–Crippen LogP) is 13.9. The van der Waals surface area contributed by atoms with Crippen molar-refractivity contribution >= 4 is 85.8 Å². The molecule has 0 aliphatic heterocycles. The monoisotopic (exact) mass is 2180 g/mol. The first-order valence-corrected chi connectivity index (χ1v) is 52.7. The zero-order valence-corrected chi connectivity index (χ0v) is 88.6. The van der Waals surface area contributed by atoms with E-state index in [-0.39, 0.29) is 46.6 Å². The smallest absolute Gasteiger partial charge is 0.170 e. The van der Waals surface area contributed by atoms with Gasteiger partial charge in [-0.25, -0.2) is 73.5 Å². The van der Waals surface area contributed by atoms with Crippen molar-refractivity contribution in [3.63, 3.8) is 0 Å². The van der Waals surface area contributed by atoms with Gasteiger partial charge in [0.1, 0.15) is 116 Å². The van der Waals surface area contributed by atoms with E-state index in [0.717, 1.165) is 0 Å². The summed E-state index contributed by atoms with van der Waals surface area (Å²) in [5, 5.41) is 31.5. The van der Waals surface area contributed by atoms with Crippen LogP contribution in [-0.4, -0.2) is 259 Å². The molecule has 0 saturated carbocycles. The zero-order valence-electron chi connectivity index (χ0n) is 82.3. The number of hydrogen-bond acceptors (Lipinski definition) is 40. The Labute approximate surface area is 872 Å². The highest BCUT2D eigenvalue weighted by Crippen LogP contribution is 2.44. The van der Waals surface area contributed by atoms with Gasteiger partial charge in [-0.1, -0.05) is 70.7 Å². The van der Waals surface area contributed by atoms with Crippen LogP contribution < -0.4 is 37.9 Å². The molecule has 0 radical (unpaired) electrons. The zero-order chi connectivity index (χ0) is 106. The highest BCUT2D eigenvalue weighted by Gasteiger charge is 2.42. The van der Waals surface area contributed by atoms with Crippen molar-refractivity contribution in [2.45, 2.75) is 96.1 Å². The molecule has 52 heteroatoms. The van der Waals surface area contributed by atoms with Gasteiger partial charge in [-0.15, -0.1) is 40.8 Å². The summed E-state index contributed by atoms with van der Waals surface area (Å²) in [7, 11) is 2.19. The molecule has 16 aromatic rings. The summed E-state index contributed by atoms with van der Waals surface area (Å²) in [6.45, 7) is 6.14. The van der Waals surface area contributed by atoms with E-state index in [9.17, 15) is 33.7 Å². The van der Waals surface area contributed by atoms with Crippen molar-refractivity contribution in [3.8, 4) is 114 Å². The number of rotatable bonds is 40. The van der Waals surface area contributed by atoms with E-state index in [1.165, 1.54) is 163 Å². The van der Waals surface area contributed by atoms with E-state index < -0.39 is 108 Å². The second-order valence-electron chi connectivity index (χ2n) is 31.8. The van der Waals surface area contributed by atoms with Crippen LogP contribution >= 0.6 is 46.4 Å². The summed E-state index contributed by atoms with van der Waals surface area (Å²) in [4.78, 5) is 49.8. The number of aromatic nitrogens is 24. The van der Waals surface area contributed by atoms with Crippen molar-refractivity contribution in [1.29, 1.82) is 0 Å². The molecule has 0 unspecified atom stereocenters. The largest absolute Gasteiger partial charge is 0.494 e. The van der Waals surface area contributed by atoms with Crippen molar-refractivity contribution in [1.82, 2.24) is 119 Å². The number of nitrogens with zero attached hydrogens (tertiary/aromatic N) is 24. The molecule has 12 aromatic heterocycles. The average molecular weight is 2180 g/mol. The Bertz CT molecular complexity index is 6670. The lowest BCUT2D eigenvalue weighted by atomic mass is 10.2. The first-order valence-electron chi connectivity index (χ1n) is 44.3. The van der Waals surface area contributed by atoms with Crippen LogP contribution in [0.15, 0.2) is 220 Å². The minimum Gasteiger partial charge on any atom is -0.494 e. The van der Waals surface area contributed by atoms with Crippen molar-refractivity contribution < 1.29 is 90.5 Å². The molecule has 4 aromatic carbocycles. The van der Waals surface area contributed by atoms with E-state index in [0.29, 0.717) is 134 Å². The number of halogens is 4. The first-order chi connectivity index (χ1) is 71.2. The van der Waals surface area contributed by atoms with E-state index in [1.54, 1.807) is 189 Å². The third-order valence-corrected chi connectivity index (χ3v) is 31.9. The van der Waals surface area contributed by atoms with Crippen LogP contribution in [0.5, 0.6) is 46.0 Å². The summed E-state index contributed by atoms with van der Waals surface area (Å²) >= 11 is 23.5. The number of hydrogen-bond donors (Lipinski definition) is 0. The van der Waals surface area contributed by atoms with Crippen LogP contribution in [0.25, 0.3) is 68.3 Å². The van der Waals surface area contributed by atoms with Gasteiger partial charge in [0.25, 0.3) is 0 Å². The van der Waals surface area contributed by atoms with Crippen molar-refractivity contribution in [2.75, 3.05) is 85.3 Å². The summed E-state index contributed by atoms with van der Waals surface area (Å²) in [6, 6.07) is 35.2. The van der Waals surface area contributed by atoms with Gasteiger partial charge in [-0.2, -0.15) is 0 Å². The topological polar surface area (TPSA) is 525 Å². The lowest BCUT2D eigenvalue weighted by molar-refractivity contribution is 0.0947. The Balaban J connectivity index is 0.000000165. The lowest BCUT2D eigenvalue weighted by Gasteiger charge is -2.22. The molecule has 12 heterocycles. The molecule has 776 valence electrons. The van der Waals surface area contributed by atoms with Gasteiger partial charge in [-0.05, 0) is 125 Å². The summed E-state index contributed by atoms with van der Waals surface area (Å²) in [5.74, 6) is 4.62. The average Bonchev–Trinajstić information content (AvgIpc) is 1.52. The molecule has 0 spiro atoms. The Kier molecular flexibility index (Phi) is 37.7. The van der Waals surface area contributed by atoms with Gasteiger partial charge in [0.05, 0.1) is 98.0 Å². The summed E-state index contributed by atoms with van der Waals surface area (Å²) < 4.78 is 182. The molecule has 44 nitrogen and oxygen atoms in total. The quantitative estimate of drug-likeness (QED) is 0.0344. The number of pyridine rings is 4. The fraction of sp³-hybridized carbons (Fsp3) is 0.292. The Morgan fingerprint density at radius 2 is 0.412 bits per heavy atom. The highest BCUT2D eigenvalue weighted by atomic mass is 35.5. The molecule has 8 atom stereocenters. The second kappa shape index (κ2) is 50.3. The molecular formula is C96H100Cl4N24O20S4. The SMILES string of the molecule is COc1cccc(OC)c1-n1c(CS(=O)(=O)[C@@H](C)[C@@H](OC)c2ncc(Cl)cn2)nnc1-c1cccnc1.COc1cccc(OC)c1-n1c(CS(=O)(=O)[C@@H](C)[C@H](OC)c2ncc(Cl)cn2)nnc1-c1cccnc1.COc1cccc(OC)c1-n1c(CS(=O)(=O)[C@H](C)[C@@H](OC)c2ncc(Cl)cn2)nnc1-c1cccnc1.COc1cccc(OC)c1-n1c(CS(=O)(=O)[C@H](C)[C@H](OC)c2ncc(Cl)cn2)nnc1-c1cccnc1. The standard InChI is InChI=1S/4C24H25ClN6O5S/c4*1-15(22(36-4)23-27-12-17(25)13-28-23)37(32,33)14-20-29-30-24(16-7-6-10-26-11-16)31(20)21-18(34-2)8-5-9-19(21)35-3/h4*5-13,15,22H,14H2,1-4H3/t2*15-,22+;2*15-,22-/m1010/s1. The molecule has 0 saturated heterocycles. The number of methoxy groups -OCH3 is 12. The predicted molar refractivity (Wildman–Crippen MR) is 546 cm³/mol. The van der Waals surface area contributed by atoms with Crippen molar-refractivity contribution in [3.05, 3.63) is 287 Å². The number of sulfone groups is 4. The molecule has 16 rings (SSSR count). The highest BCUT2D eigenvalue weighted by molar-refractivity contribution is 7.92. The Morgan fingerprint density at radius 1 is 0.243 bits per heavy atom.